The molecule has 2 heterocycles. The van der Waals surface area contributed by atoms with Crippen LogP contribution in [0.2, 0.25) is 0 Å². The first-order chi connectivity index (χ1) is 14.7. The molecule has 3 rings (SSSR count). The first-order valence-electron chi connectivity index (χ1n) is 10.6. The van der Waals surface area contributed by atoms with Crippen molar-refractivity contribution in [3.63, 3.8) is 0 Å². The largest absolute Gasteiger partial charge is 0.497 e. The molecule has 0 aliphatic carbocycles. The van der Waals surface area contributed by atoms with Crippen molar-refractivity contribution in [2.75, 3.05) is 45.3 Å². The number of rotatable bonds is 8. The second kappa shape index (κ2) is 13.2. The van der Waals surface area contributed by atoms with Gasteiger partial charge in [0.1, 0.15) is 23.9 Å². The minimum Gasteiger partial charge on any atom is -0.497 e. The van der Waals surface area contributed by atoms with Gasteiger partial charge in [-0.3, -0.25) is 4.99 Å². The molecule has 0 radical (unpaired) electrons. The van der Waals surface area contributed by atoms with E-state index in [-0.39, 0.29) is 24.0 Å². The third kappa shape index (κ3) is 8.08. The number of hydrogen-bond donors (Lipinski definition) is 2. The van der Waals surface area contributed by atoms with Gasteiger partial charge in [0, 0.05) is 32.9 Å². The minimum atomic E-state index is 0. The van der Waals surface area contributed by atoms with E-state index in [1.165, 1.54) is 12.8 Å². The zero-order valence-electron chi connectivity index (χ0n) is 18.6. The lowest BCUT2D eigenvalue weighted by atomic mass is 9.99. The van der Waals surface area contributed by atoms with Gasteiger partial charge in [-0.2, -0.15) is 0 Å². The van der Waals surface area contributed by atoms with Crippen LogP contribution in [0.5, 0.6) is 11.5 Å². The number of nitrogens with one attached hydrogen (secondary N) is 2. The molecule has 0 saturated carbocycles. The summed E-state index contributed by atoms with van der Waals surface area (Å²) in [5, 5.41) is 6.58. The number of hydrogen-bond acceptors (Lipinski definition) is 5. The molecule has 7 nitrogen and oxygen atoms in total. The fourth-order valence-corrected chi connectivity index (χ4v) is 3.36. The summed E-state index contributed by atoms with van der Waals surface area (Å²) < 4.78 is 10.9. The van der Waals surface area contributed by atoms with Crippen molar-refractivity contribution in [3.05, 3.63) is 48.2 Å². The monoisotopic (exact) mass is 539 g/mol. The maximum absolute atomic E-state index is 5.73. The van der Waals surface area contributed by atoms with Crippen LogP contribution in [0.15, 0.2) is 47.6 Å². The summed E-state index contributed by atoms with van der Waals surface area (Å²) in [5.41, 5.74) is 1.13. The van der Waals surface area contributed by atoms with Crippen LogP contribution in [0.25, 0.3) is 0 Å². The van der Waals surface area contributed by atoms with Gasteiger partial charge in [0.25, 0.3) is 0 Å². The van der Waals surface area contributed by atoms with Crippen LogP contribution >= 0.6 is 24.0 Å². The number of piperidine rings is 1. The Balaban J connectivity index is 0.00000341. The van der Waals surface area contributed by atoms with E-state index in [1.807, 2.05) is 30.5 Å². The maximum Gasteiger partial charge on any atom is 0.191 e. The SMILES string of the molecule is CN=C(NCCOc1ccc(OC)cc1)NCc1ccc(N2CCC(C)CC2)nc1.I. The molecule has 1 saturated heterocycles. The van der Waals surface area contributed by atoms with Crippen LogP contribution in [0.3, 0.4) is 0 Å². The predicted molar refractivity (Wildman–Crippen MR) is 137 cm³/mol. The van der Waals surface area contributed by atoms with E-state index in [0.29, 0.717) is 19.7 Å². The number of pyridine rings is 1. The number of ether oxygens (including phenoxy) is 2. The van der Waals surface area contributed by atoms with Crippen molar-refractivity contribution in [2.45, 2.75) is 26.3 Å². The van der Waals surface area contributed by atoms with Crippen molar-refractivity contribution < 1.29 is 9.47 Å². The summed E-state index contributed by atoms with van der Waals surface area (Å²) in [6.07, 6.45) is 4.44. The third-order valence-electron chi connectivity index (χ3n) is 5.32. The summed E-state index contributed by atoms with van der Waals surface area (Å²) in [6, 6.07) is 11.8. The number of aliphatic imine (C=N–C) groups is 1. The lowest BCUT2D eigenvalue weighted by Gasteiger charge is -2.31. The van der Waals surface area contributed by atoms with Gasteiger partial charge < -0.3 is 25.0 Å². The molecule has 0 unspecified atom stereocenters. The van der Waals surface area contributed by atoms with Gasteiger partial charge >= 0.3 is 0 Å². The minimum absolute atomic E-state index is 0. The van der Waals surface area contributed by atoms with Crippen molar-refractivity contribution in [1.82, 2.24) is 15.6 Å². The highest BCUT2D eigenvalue weighted by Gasteiger charge is 2.16. The molecule has 0 amide bonds. The van der Waals surface area contributed by atoms with Gasteiger partial charge in [0.05, 0.1) is 13.7 Å². The smallest absolute Gasteiger partial charge is 0.191 e. The number of guanidine groups is 1. The predicted octanol–water partition coefficient (Wildman–Crippen LogP) is 3.69. The Morgan fingerprint density at radius 2 is 1.81 bits per heavy atom. The highest BCUT2D eigenvalue weighted by molar-refractivity contribution is 14.0. The molecule has 170 valence electrons. The van der Waals surface area contributed by atoms with Gasteiger partial charge in [-0.1, -0.05) is 13.0 Å². The molecule has 0 spiro atoms. The molecule has 8 heteroatoms. The quantitative estimate of drug-likeness (QED) is 0.231. The van der Waals surface area contributed by atoms with E-state index in [0.717, 1.165) is 47.8 Å². The van der Waals surface area contributed by atoms with Crippen molar-refractivity contribution >= 4 is 35.8 Å². The fraction of sp³-hybridized carbons (Fsp3) is 0.478. The standard InChI is InChI=1S/C23H33N5O2.HI/c1-18-10-13-28(14-11-18)22-9-4-19(16-26-22)17-27-23(24-2)25-12-15-30-21-7-5-20(29-3)6-8-21;/h4-9,16,18H,10-15,17H2,1-3H3,(H2,24,25,27);1H. The van der Waals surface area contributed by atoms with Crippen molar-refractivity contribution in [3.8, 4) is 11.5 Å². The van der Waals surface area contributed by atoms with Crippen LogP contribution in [-0.2, 0) is 6.54 Å². The topological polar surface area (TPSA) is 71.0 Å². The van der Waals surface area contributed by atoms with E-state index in [9.17, 15) is 0 Å². The average molecular weight is 539 g/mol. The molecule has 1 aliphatic rings. The summed E-state index contributed by atoms with van der Waals surface area (Å²) in [5.74, 6) is 4.27. The fourth-order valence-electron chi connectivity index (χ4n) is 3.36. The molecule has 2 N–H and O–H groups in total. The van der Waals surface area contributed by atoms with E-state index in [4.69, 9.17) is 9.47 Å². The molecule has 0 atom stereocenters. The van der Waals surface area contributed by atoms with E-state index >= 15 is 0 Å². The molecular weight excluding hydrogens is 505 g/mol. The molecule has 1 aromatic carbocycles. The van der Waals surface area contributed by atoms with Gasteiger partial charge in [-0.25, -0.2) is 4.98 Å². The Kier molecular flexibility index (Phi) is 10.7. The van der Waals surface area contributed by atoms with Crippen LogP contribution in [0.1, 0.15) is 25.3 Å². The summed E-state index contributed by atoms with van der Waals surface area (Å²) in [6.45, 7) is 6.38. The number of anilines is 1. The first kappa shape index (κ1) is 25.0. The van der Waals surface area contributed by atoms with Gasteiger partial charge in [0.2, 0.25) is 0 Å². The van der Waals surface area contributed by atoms with Crippen LogP contribution in [0, 0.1) is 5.92 Å². The Morgan fingerprint density at radius 3 is 2.42 bits per heavy atom. The lowest BCUT2D eigenvalue weighted by molar-refractivity contribution is 0.321. The summed E-state index contributed by atoms with van der Waals surface area (Å²) >= 11 is 0. The second-order valence-electron chi connectivity index (χ2n) is 7.57. The Bertz CT molecular complexity index is 791. The van der Waals surface area contributed by atoms with Crippen molar-refractivity contribution in [1.29, 1.82) is 0 Å². The molecule has 0 bridgehead atoms. The number of nitrogens with zero attached hydrogens (tertiary/aromatic N) is 3. The summed E-state index contributed by atoms with van der Waals surface area (Å²) in [7, 11) is 3.41. The summed E-state index contributed by atoms with van der Waals surface area (Å²) in [4.78, 5) is 11.3. The maximum atomic E-state index is 5.73. The van der Waals surface area contributed by atoms with Crippen LogP contribution in [0.4, 0.5) is 5.82 Å². The third-order valence-corrected chi connectivity index (χ3v) is 5.32. The van der Waals surface area contributed by atoms with Crippen molar-refractivity contribution in [2.24, 2.45) is 10.9 Å². The molecule has 31 heavy (non-hydrogen) atoms. The van der Waals surface area contributed by atoms with Crippen LogP contribution in [-0.4, -0.2) is 51.3 Å². The number of halogens is 1. The Labute approximate surface area is 202 Å². The van der Waals surface area contributed by atoms with Crippen LogP contribution < -0.4 is 25.0 Å². The van der Waals surface area contributed by atoms with E-state index in [2.05, 4.69) is 44.6 Å². The lowest BCUT2D eigenvalue weighted by Crippen LogP contribution is -2.39. The highest BCUT2D eigenvalue weighted by atomic mass is 127. The molecule has 1 aliphatic heterocycles. The zero-order chi connectivity index (χ0) is 21.2. The molecule has 1 aromatic heterocycles. The number of methoxy groups -OCH3 is 1. The Morgan fingerprint density at radius 1 is 1.10 bits per heavy atom. The number of aromatic nitrogens is 1. The van der Waals surface area contributed by atoms with E-state index < -0.39 is 0 Å². The molecule has 1 fully saturated rings. The second-order valence-corrected chi connectivity index (χ2v) is 7.57. The average Bonchev–Trinajstić information content (AvgIpc) is 2.80. The first-order valence-corrected chi connectivity index (χ1v) is 10.6. The van der Waals surface area contributed by atoms with Gasteiger partial charge in [-0.15, -0.1) is 24.0 Å². The zero-order valence-corrected chi connectivity index (χ0v) is 21.0. The number of benzene rings is 1. The normalized spacial score (nSPS) is 14.5. The van der Waals surface area contributed by atoms with Gasteiger partial charge in [-0.05, 0) is 54.7 Å². The van der Waals surface area contributed by atoms with Gasteiger partial charge in [0.15, 0.2) is 5.96 Å². The molecule has 2 aromatic rings. The Hall–Kier alpha value is -2.23. The molecular formula is C23H34IN5O2. The van der Waals surface area contributed by atoms with E-state index in [1.54, 1.807) is 14.2 Å². The highest BCUT2D eigenvalue weighted by Crippen LogP contribution is 2.21.